The number of rotatable bonds is 6. The van der Waals surface area contributed by atoms with Gasteiger partial charge >= 0.3 is 0 Å². The quantitative estimate of drug-likeness (QED) is 0.833. The van der Waals surface area contributed by atoms with Gasteiger partial charge in [0, 0.05) is 24.8 Å². The summed E-state index contributed by atoms with van der Waals surface area (Å²) in [6.45, 7) is 3.30. The van der Waals surface area contributed by atoms with Crippen LogP contribution >= 0.6 is 0 Å². The highest BCUT2D eigenvalue weighted by Gasteiger charge is 2.27. The molecule has 0 aliphatic carbocycles. The van der Waals surface area contributed by atoms with Crippen LogP contribution in [0, 0.1) is 0 Å². The molecule has 1 aliphatic rings. The fraction of sp³-hybridized carbons (Fsp3) is 0.421. The Kier molecular flexibility index (Phi) is 5.55. The highest BCUT2D eigenvalue weighted by atomic mass is 16.5. The molecule has 2 aromatic rings. The van der Waals surface area contributed by atoms with Crippen LogP contribution in [0.3, 0.4) is 0 Å². The Morgan fingerprint density at radius 3 is 2.88 bits per heavy atom. The number of hydrogen-bond acceptors (Lipinski definition) is 4. The SMILES string of the molecule is CCCNC(=O)c1nc(C(=O)Nc2cccc(OC)c2)c2n1CCCC2. The van der Waals surface area contributed by atoms with Crippen molar-refractivity contribution in [2.75, 3.05) is 19.0 Å². The maximum absolute atomic E-state index is 12.8. The molecule has 7 nitrogen and oxygen atoms in total. The standard InChI is InChI=1S/C19H24N4O3/c1-3-10-20-19(25)17-22-16(15-9-4-5-11-23(15)17)18(24)21-13-7-6-8-14(12-13)26-2/h6-8,12H,3-5,9-11H2,1-2H3,(H,20,25)(H,21,24). The van der Waals surface area contributed by atoms with Crippen LogP contribution in [0.5, 0.6) is 5.75 Å². The van der Waals surface area contributed by atoms with Crippen molar-refractivity contribution < 1.29 is 14.3 Å². The first-order chi connectivity index (χ1) is 12.6. The summed E-state index contributed by atoms with van der Waals surface area (Å²) in [7, 11) is 1.58. The lowest BCUT2D eigenvalue weighted by atomic mass is 10.1. The molecule has 0 radical (unpaired) electrons. The molecular formula is C19H24N4O3. The van der Waals surface area contributed by atoms with Crippen molar-refractivity contribution in [3.8, 4) is 5.75 Å². The van der Waals surface area contributed by atoms with Crippen molar-refractivity contribution >= 4 is 17.5 Å². The van der Waals surface area contributed by atoms with Crippen LogP contribution in [0.25, 0.3) is 0 Å². The summed E-state index contributed by atoms with van der Waals surface area (Å²) >= 11 is 0. The van der Waals surface area contributed by atoms with E-state index < -0.39 is 0 Å². The van der Waals surface area contributed by atoms with Gasteiger partial charge in [-0.15, -0.1) is 0 Å². The van der Waals surface area contributed by atoms with Gasteiger partial charge in [-0.25, -0.2) is 4.98 Å². The van der Waals surface area contributed by atoms with Crippen LogP contribution in [0.2, 0.25) is 0 Å². The smallest absolute Gasteiger partial charge is 0.287 e. The maximum Gasteiger partial charge on any atom is 0.287 e. The van der Waals surface area contributed by atoms with E-state index in [-0.39, 0.29) is 11.8 Å². The number of nitrogens with zero attached hydrogens (tertiary/aromatic N) is 2. The number of nitrogens with one attached hydrogen (secondary N) is 2. The Bertz CT molecular complexity index is 813. The van der Waals surface area contributed by atoms with E-state index in [2.05, 4.69) is 15.6 Å². The van der Waals surface area contributed by atoms with Crippen molar-refractivity contribution in [2.45, 2.75) is 39.2 Å². The largest absolute Gasteiger partial charge is 0.497 e. The number of anilines is 1. The first-order valence-corrected chi connectivity index (χ1v) is 8.97. The van der Waals surface area contributed by atoms with Gasteiger partial charge in [0.05, 0.1) is 12.8 Å². The highest BCUT2D eigenvalue weighted by Crippen LogP contribution is 2.23. The summed E-state index contributed by atoms with van der Waals surface area (Å²) in [5.74, 6) is 0.451. The lowest BCUT2D eigenvalue weighted by molar-refractivity contribution is 0.0937. The molecule has 1 aliphatic heterocycles. The minimum absolute atomic E-state index is 0.226. The summed E-state index contributed by atoms with van der Waals surface area (Å²) in [5.41, 5.74) is 1.79. The number of benzene rings is 1. The van der Waals surface area contributed by atoms with Crippen LogP contribution < -0.4 is 15.4 Å². The molecule has 2 heterocycles. The highest BCUT2D eigenvalue weighted by molar-refractivity contribution is 6.05. The minimum atomic E-state index is -0.307. The molecule has 0 fully saturated rings. The molecule has 0 unspecified atom stereocenters. The second kappa shape index (κ2) is 8.03. The topological polar surface area (TPSA) is 85.2 Å². The Labute approximate surface area is 152 Å². The minimum Gasteiger partial charge on any atom is -0.497 e. The van der Waals surface area contributed by atoms with Gasteiger partial charge in [-0.1, -0.05) is 13.0 Å². The normalized spacial score (nSPS) is 13.0. The summed E-state index contributed by atoms with van der Waals surface area (Å²) < 4.78 is 7.07. The third-order valence-corrected chi connectivity index (χ3v) is 4.40. The molecule has 0 saturated heterocycles. The number of amides is 2. The molecule has 2 amide bonds. The van der Waals surface area contributed by atoms with Crippen molar-refractivity contribution in [3.63, 3.8) is 0 Å². The van der Waals surface area contributed by atoms with Crippen molar-refractivity contribution in [1.29, 1.82) is 0 Å². The zero-order chi connectivity index (χ0) is 18.5. The predicted molar refractivity (Wildman–Crippen MR) is 98.7 cm³/mol. The van der Waals surface area contributed by atoms with Gasteiger partial charge in [0.1, 0.15) is 5.75 Å². The van der Waals surface area contributed by atoms with Gasteiger partial charge in [-0.3, -0.25) is 9.59 Å². The van der Waals surface area contributed by atoms with Gasteiger partial charge in [-0.2, -0.15) is 0 Å². The zero-order valence-electron chi connectivity index (χ0n) is 15.2. The lowest BCUT2D eigenvalue weighted by Gasteiger charge is -2.17. The van der Waals surface area contributed by atoms with Gasteiger partial charge in [0.25, 0.3) is 11.8 Å². The molecule has 7 heteroatoms. The second-order valence-electron chi connectivity index (χ2n) is 6.28. The Morgan fingerprint density at radius 1 is 1.27 bits per heavy atom. The van der Waals surface area contributed by atoms with E-state index in [1.165, 1.54) is 0 Å². The van der Waals surface area contributed by atoms with Crippen LogP contribution in [-0.2, 0) is 13.0 Å². The molecule has 1 aromatic heterocycles. The molecule has 0 saturated carbocycles. The molecule has 26 heavy (non-hydrogen) atoms. The number of fused-ring (bicyclic) bond motifs is 1. The number of imidazole rings is 1. The fourth-order valence-electron chi connectivity index (χ4n) is 3.11. The van der Waals surface area contributed by atoms with Crippen LogP contribution in [0.1, 0.15) is 53.0 Å². The third-order valence-electron chi connectivity index (χ3n) is 4.40. The average molecular weight is 356 g/mol. The molecule has 0 bridgehead atoms. The first kappa shape index (κ1) is 18.0. The fourth-order valence-corrected chi connectivity index (χ4v) is 3.11. The number of aromatic nitrogens is 2. The summed E-state index contributed by atoms with van der Waals surface area (Å²) in [5, 5.41) is 5.70. The molecule has 3 rings (SSSR count). The number of carbonyl (C=O) groups is 2. The van der Waals surface area contributed by atoms with E-state index in [1.807, 2.05) is 17.6 Å². The molecule has 0 spiro atoms. The van der Waals surface area contributed by atoms with Gasteiger partial charge in [0.15, 0.2) is 11.5 Å². The van der Waals surface area contributed by atoms with E-state index in [0.29, 0.717) is 36.0 Å². The third kappa shape index (κ3) is 3.71. The van der Waals surface area contributed by atoms with Crippen LogP contribution in [0.4, 0.5) is 5.69 Å². The predicted octanol–water partition coefficient (Wildman–Crippen LogP) is 2.62. The van der Waals surface area contributed by atoms with E-state index in [4.69, 9.17) is 4.74 Å². The first-order valence-electron chi connectivity index (χ1n) is 8.97. The Morgan fingerprint density at radius 2 is 2.12 bits per heavy atom. The number of methoxy groups -OCH3 is 1. The average Bonchev–Trinajstić information content (AvgIpc) is 3.06. The number of ether oxygens (including phenoxy) is 1. The Balaban J connectivity index is 1.87. The maximum atomic E-state index is 12.8. The van der Waals surface area contributed by atoms with Crippen molar-refractivity contribution in [3.05, 3.63) is 41.5 Å². The van der Waals surface area contributed by atoms with Gasteiger partial charge in [0.2, 0.25) is 0 Å². The molecule has 0 atom stereocenters. The molecule has 2 N–H and O–H groups in total. The molecular weight excluding hydrogens is 332 g/mol. The van der Waals surface area contributed by atoms with Gasteiger partial charge in [-0.05, 0) is 37.8 Å². The van der Waals surface area contributed by atoms with E-state index in [1.54, 1.807) is 25.3 Å². The van der Waals surface area contributed by atoms with Gasteiger partial charge < -0.3 is 19.9 Å². The van der Waals surface area contributed by atoms with E-state index in [9.17, 15) is 9.59 Å². The van der Waals surface area contributed by atoms with Crippen molar-refractivity contribution in [2.24, 2.45) is 0 Å². The summed E-state index contributed by atoms with van der Waals surface area (Å²) in [6, 6.07) is 7.15. The van der Waals surface area contributed by atoms with Crippen LogP contribution in [-0.4, -0.2) is 35.0 Å². The molecule has 1 aromatic carbocycles. The second-order valence-corrected chi connectivity index (χ2v) is 6.28. The van der Waals surface area contributed by atoms with Crippen LogP contribution in [0.15, 0.2) is 24.3 Å². The molecule has 138 valence electrons. The summed E-state index contributed by atoms with van der Waals surface area (Å²) in [4.78, 5) is 29.6. The summed E-state index contributed by atoms with van der Waals surface area (Å²) in [6.07, 6.45) is 3.56. The van der Waals surface area contributed by atoms with E-state index in [0.717, 1.165) is 31.4 Å². The number of hydrogen-bond donors (Lipinski definition) is 2. The van der Waals surface area contributed by atoms with Crippen molar-refractivity contribution in [1.82, 2.24) is 14.9 Å². The lowest BCUT2D eigenvalue weighted by Crippen LogP contribution is -2.28. The number of carbonyl (C=O) groups excluding carboxylic acids is 2. The monoisotopic (exact) mass is 356 g/mol. The van der Waals surface area contributed by atoms with E-state index >= 15 is 0 Å². The Hall–Kier alpha value is -2.83. The zero-order valence-corrected chi connectivity index (χ0v) is 15.2.